The molecule has 2 heterocycles. The van der Waals surface area contributed by atoms with Gasteiger partial charge in [0.2, 0.25) is 0 Å². The van der Waals surface area contributed by atoms with Crippen LogP contribution >= 0.6 is 0 Å². The Balaban J connectivity index is 1.58. The van der Waals surface area contributed by atoms with Crippen LogP contribution in [0, 0.1) is 5.92 Å². The molecular weight excluding hydrogens is 365 g/mol. The van der Waals surface area contributed by atoms with E-state index in [1.54, 1.807) is 6.20 Å². The summed E-state index contributed by atoms with van der Waals surface area (Å²) in [5.41, 5.74) is 1.14. The fourth-order valence-electron chi connectivity index (χ4n) is 2.25. The minimum absolute atomic E-state index is 0.0867. The summed E-state index contributed by atoms with van der Waals surface area (Å²) in [5, 5.41) is 2.64. The molecule has 3 rings (SSSR count). The van der Waals surface area contributed by atoms with Crippen LogP contribution in [0.1, 0.15) is 15.7 Å². The Labute approximate surface area is 126 Å². The van der Waals surface area contributed by atoms with Gasteiger partial charge in [-0.2, -0.15) is 0 Å². The zero-order valence-corrected chi connectivity index (χ0v) is 14.0. The topological polar surface area (TPSA) is 42.0 Å². The molecule has 2 aliphatic rings. The standard InChI is InChI=1S/C14H13F2N2O.In/c15-14(16)8-12(14)10-18-13(19)6-2-1-4-11-5-3-7-17-9-11;/h1-5,7,9,12H,8,10H2,(H,18,19);. The predicted octanol–water partition coefficient (Wildman–Crippen LogP) is 1.34. The van der Waals surface area contributed by atoms with Gasteiger partial charge in [-0.3, -0.25) is 0 Å². The molecule has 20 heavy (non-hydrogen) atoms. The van der Waals surface area contributed by atoms with Crippen LogP contribution in [-0.2, 0) is 4.79 Å². The molecule has 0 bridgehead atoms. The Kier molecular flexibility index (Phi) is 3.75. The maximum atomic E-state index is 12.7. The van der Waals surface area contributed by atoms with E-state index < -0.39 is 34.3 Å². The van der Waals surface area contributed by atoms with E-state index in [9.17, 15) is 13.6 Å². The second kappa shape index (κ2) is 5.39. The van der Waals surface area contributed by atoms with Crippen LogP contribution in [0.3, 0.4) is 0 Å². The molecule has 0 aromatic carbocycles. The number of halogens is 2. The third-order valence-corrected chi connectivity index (χ3v) is 8.72. The number of pyridine rings is 1. The quantitative estimate of drug-likeness (QED) is 0.860. The molecule has 2 unspecified atom stereocenters. The molecule has 2 atom stereocenters. The molecular formula is C14H13F2InN2O. The summed E-state index contributed by atoms with van der Waals surface area (Å²) in [7, 11) is 0. The van der Waals surface area contributed by atoms with Gasteiger partial charge in [-0.05, 0) is 0 Å². The number of hydrogen-bond donors (Lipinski definition) is 1. The summed E-state index contributed by atoms with van der Waals surface area (Å²) < 4.78 is 26.6. The number of carbonyl (C=O) groups excluding carboxylic acids is 1. The molecule has 1 amide bonds. The van der Waals surface area contributed by atoms with E-state index in [1.807, 2.05) is 30.5 Å². The predicted molar refractivity (Wildman–Crippen MR) is 72.9 cm³/mol. The van der Waals surface area contributed by atoms with Gasteiger partial charge in [0.1, 0.15) is 0 Å². The summed E-state index contributed by atoms with van der Waals surface area (Å²) in [6, 6.07) is 3.90. The van der Waals surface area contributed by atoms with Gasteiger partial charge in [0.25, 0.3) is 0 Å². The molecule has 1 aliphatic carbocycles. The average molecular weight is 378 g/mol. The number of carbonyl (C=O) groups is 1. The molecule has 1 N–H and O–H groups in total. The van der Waals surface area contributed by atoms with Crippen molar-refractivity contribution in [3.8, 4) is 0 Å². The SMILES string of the molecule is O=C(NCC1CC1(F)F)[C]1=[In][CH](c2cccnc2)C=C1. The Morgan fingerprint density at radius 2 is 2.35 bits per heavy atom. The Morgan fingerprint density at radius 3 is 3.00 bits per heavy atom. The van der Waals surface area contributed by atoms with Crippen LogP contribution < -0.4 is 5.32 Å². The monoisotopic (exact) mass is 378 g/mol. The molecule has 3 nitrogen and oxygen atoms in total. The molecule has 1 saturated carbocycles. The van der Waals surface area contributed by atoms with Gasteiger partial charge in [0, 0.05) is 0 Å². The van der Waals surface area contributed by atoms with Crippen molar-refractivity contribution in [2.75, 3.05) is 6.54 Å². The van der Waals surface area contributed by atoms with Crippen molar-refractivity contribution in [1.29, 1.82) is 0 Å². The summed E-state index contributed by atoms with van der Waals surface area (Å²) >= 11 is -1.26. The summed E-state index contributed by atoms with van der Waals surface area (Å²) in [5.74, 6) is -3.39. The number of nitrogens with one attached hydrogen (secondary N) is 1. The van der Waals surface area contributed by atoms with E-state index in [0.29, 0.717) is 3.67 Å². The van der Waals surface area contributed by atoms with Crippen LogP contribution in [0.4, 0.5) is 8.78 Å². The second-order valence-corrected chi connectivity index (χ2v) is 9.94. The van der Waals surface area contributed by atoms with Crippen molar-refractivity contribution in [1.82, 2.24) is 10.3 Å². The van der Waals surface area contributed by atoms with E-state index in [1.165, 1.54) is 0 Å². The van der Waals surface area contributed by atoms with Crippen molar-refractivity contribution < 1.29 is 13.6 Å². The van der Waals surface area contributed by atoms with Crippen molar-refractivity contribution in [2.45, 2.75) is 16.0 Å². The Bertz CT molecular complexity index is 586. The molecule has 6 heteroatoms. The normalized spacial score (nSPS) is 25.8. The number of hydrogen-bond acceptors (Lipinski definition) is 2. The first-order chi connectivity index (χ1) is 9.56. The van der Waals surface area contributed by atoms with Crippen LogP contribution in [0.15, 0.2) is 36.7 Å². The van der Waals surface area contributed by atoms with Gasteiger partial charge in [-0.1, -0.05) is 0 Å². The van der Waals surface area contributed by atoms with E-state index in [2.05, 4.69) is 10.3 Å². The van der Waals surface area contributed by atoms with E-state index in [4.69, 9.17) is 0 Å². The van der Waals surface area contributed by atoms with Crippen molar-refractivity contribution >= 4 is 31.6 Å². The Morgan fingerprint density at radius 1 is 1.55 bits per heavy atom. The average Bonchev–Trinajstić information content (AvgIpc) is 2.88. The van der Waals surface area contributed by atoms with Crippen LogP contribution in [0.25, 0.3) is 0 Å². The summed E-state index contributed by atoms with van der Waals surface area (Å²) in [4.78, 5) is 16.0. The van der Waals surface area contributed by atoms with Gasteiger partial charge >= 0.3 is 126 Å². The molecule has 1 aromatic heterocycles. The molecule has 0 spiro atoms. The first-order valence-electron chi connectivity index (χ1n) is 6.52. The summed E-state index contributed by atoms with van der Waals surface area (Å²) in [6.07, 6.45) is 7.35. The first-order valence-corrected chi connectivity index (χ1v) is 10.1. The molecule has 1 fully saturated rings. The van der Waals surface area contributed by atoms with Gasteiger partial charge < -0.3 is 0 Å². The van der Waals surface area contributed by atoms with Crippen LogP contribution in [-0.4, -0.2) is 49.0 Å². The van der Waals surface area contributed by atoms with Crippen molar-refractivity contribution in [3.05, 3.63) is 42.2 Å². The number of rotatable bonds is 4. The fraction of sp³-hybridized carbons (Fsp3) is 0.357. The number of aromatic nitrogens is 1. The van der Waals surface area contributed by atoms with Gasteiger partial charge in [0.05, 0.1) is 0 Å². The third kappa shape index (κ3) is 3.00. The van der Waals surface area contributed by atoms with Crippen LogP contribution in [0.5, 0.6) is 0 Å². The maximum absolute atomic E-state index is 12.7. The second-order valence-electron chi connectivity index (χ2n) is 5.17. The number of allylic oxidation sites excluding steroid dienone is 1. The van der Waals surface area contributed by atoms with E-state index in [-0.39, 0.29) is 18.9 Å². The number of amides is 1. The van der Waals surface area contributed by atoms with E-state index >= 15 is 0 Å². The molecule has 1 aromatic rings. The molecule has 0 radical (unpaired) electrons. The molecule has 102 valence electrons. The number of alkyl halides is 2. The van der Waals surface area contributed by atoms with Crippen molar-refractivity contribution in [2.24, 2.45) is 5.92 Å². The molecule has 1 aliphatic heterocycles. The number of nitrogens with zero attached hydrogens (tertiary/aromatic N) is 1. The fourth-order valence-corrected chi connectivity index (χ4v) is 6.46. The van der Waals surface area contributed by atoms with Gasteiger partial charge in [-0.15, -0.1) is 0 Å². The van der Waals surface area contributed by atoms with Crippen LogP contribution in [0.2, 0.25) is 0 Å². The first kappa shape index (κ1) is 13.9. The third-order valence-electron chi connectivity index (χ3n) is 3.64. The zero-order chi connectivity index (χ0) is 14.2. The van der Waals surface area contributed by atoms with Gasteiger partial charge in [-0.25, -0.2) is 0 Å². The minimum atomic E-state index is -2.57. The molecule has 0 saturated heterocycles. The zero-order valence-electron chi connectivity index (χ0n) is 10.7. The Hall–Kier alpha value is -1.04. The van der Waals surface area contributed by atoms with E-state index in [0.717, 1.165) is 8.82 Å². The van der Waals surface area contributed by atoms with Crippen molar-refractivity contribution in [3.63, 3.8) is 0 Å². The van der Waals surface area contributed by atoms with Gasteiger partial charge in [0.15, 0.2) is 0 Å². The summed E-state index contributed by atoms with van der Waals surface area (Å²) in [6.45, 7) is 0.0867.